The summed E-state index contributed by atoms with van der Waals surface area (Å²) >= 11 is 0. The Labute approximate surface area is 110 Å². The smallest absolute Gasteiger partial charge is 0.223 e. The van der Waals surface area contributed by atoms with E-state index in [-0.39, 0.29) is 0 Å². The maximum atomic E-state index is 5.78. The third-order valence-electron chi connectivity index (χ3n) is 3.04. The number of hydrogen-bond donors (Lipinski definition) is 2. The monoisotopic (exact) mass is 251 g/mol. The zero-order valence-electron chi connectivity index (χ0n) is 11.9. The van der Waals surface area contributed by atoms with Gasteiger partial charge in [0.15, 0.2) is 0 Å². The second-order valence-electron chi connectivity index (χ2n) is 4.44. The molecule has 0 aliphatic rings. The zero-order chi connectivity index (χ0) is 13.5. The molecular formula is C13H25N5. The van der Waals surface area contributed by atoms with Crippen LogP contribution in [-0.2, 0) is 0 Å². The van der Waals surface area contributed by atoms with Gasteiger partial charge in [-0.05, 0) is 26.7 Å². The highest BCUT2D eigenvalue weighted by molar-refractivity contribution is 5.53. The number of rotatable bonds is 7. The Hall–Kier alpha value is -1.52. The van der Waals surface area contributed by atoms with E-state index in [4.69, 9.17) is 5.73 Å². The Bertz CT molecular complexity index is 366. The van der Waals surface area contributed by atoms with E-state index in [1.54, 1.807) is 0 Å². The van der Waals surface area contributed by atoms with Crippen molar-refractivity contribution in [1.82, 2.24) is 9.97 Å². The zero-order valence-corrected chi connectivity index (χ0v) is 11.9. The number of hydrogen-bond acceptors (Lipinski definition) is 5. The molecule has 0 aliphatic carbocycles. The van der Waals surface area contributed by atoms with Gasteiger partial charge in [0.1, 0.15) is 11.6 Å². The van der Waals surface area contributed by atoms with Crippen molar-refractivity contribution in [2.24, 2.45) is 0 Å². The van der Waals surface area contributed by atoms with Gasteiger partial charge in [0.25, 0.3) is 0 Å². The van der Waals surface area contributed by atoms with Crippen LogP contribution in [-0.4, -0.2) is 29.1 Å². The Morgan fingerprint density at radius 2 is 2.06 bits per heavy atom. The van der Waals surface area contributed by atoms with Crippen molar-refractivity contribution in [2.75, 3.05) is 29.0 Å². The molecule has 0 amide bonds. The fourth-order valence-electron chi connectivity index (χ4n) is 1.86. The van der Waals surface area contributed by atoms with Crippen molar-refractivity contribution in [3.05, 3.63) is 6.07 Å². The van der Waals surface area contributed by atoms with Crippen molar-refractivity contribution in [2.45, 2.75) is 46.6 Å². The highest BCUT2D eigenvalue weighted by Crippen LogP contribution is 2.20. The molecule has 0 saturated carbocycles. The summed E-state index contributed by atoms with van der Waals surface area (Å²) in [6.07, 6.45) is 2.14. The number of nitrogen functional groups attached to an aromatic ring is 1. The van der Waals surface area contributed by atoms with E-state index in [2.05, 4.69) is 47.9 Å². The molecule has 5 nitrogen and oxygen atoms in total. The van der Waals surface area contributed by atoms with Crippen molar-refractivity contribution < 1.29 is 0 Å². The molecule has 1 rings (SSSR count). The van der Waals surface area contributed by atoms with Gasteiger partial charge in [-0.25, -0.2) is 0 Å². The van der Waals surface area contributed by atoms with E-state index in [0.717, 1.165) is 37.6 Å². The molecule has 1 heterocycles. The van der Waals surface area contributed by atoms with E-state index < -0.39 is 0 Å². The maximum Gasteiger partial charge on any atom is 0.223 e. The fraction of sp³-hybridized carbons (Fsp3) is 0.692. The van der Waals surface area contributed by atoms with Crippen molar-refractivity contribution in [1.29, 1.82) is 0 Å². The lowest BCUT2D eigenvalue weighted by Gasteiger charge is -2.28. The lowest BCUT2D eigenvalue weighted by atomic mass is 10.2. The van der Waals surface area contributed by atoms with Gasteiger partial charge >= 0.3 is 0 Å². The van der Waals surface area contributed by atoms with E-state index in [1.807, 2.05) is 6.07 Å². The van der Waals surface area contributed by atoms with Crippen LogP contribution in [0.4, 0.5) is 17.6 Å². The Kier molecular flexibility index (Phi) is 5.68. The summed E-state index contributed by atoms with van der Waals surface area (Å²) in [6, 6.07) is 2.42. The number of nitrogens with two attached hydrogens (primary N) is 1. The molecule has 1 aromatic rings. The molecule has 3 N–H and O–H groups in total. The van der Waals surface area contributed by atoms with Gasteiger partial charge < -0.3 is 16.0 Å². The summed E-state index contributed by atoms with van der Waals surface area (Å²) in [5.41, 5.74) is 5.78. The van der Waals surface area contributed by atoms with Gasteiger partial charge in [-0.1, -0.05) is 13.8 Å². The number of aromatic nitrogens is 2. The number of nitrogens with one attached hydrogen (secondary N) is 1. The summed E-state index contributed by atoms with van der Waals surface area (Å²) < 4.78 is 0. The number of anilines is 3. The molecule has 1 atom stereocenters. The minimum Gasteiger partial charge on any atom is -0.370 e. The molecule has 0 bridgehead atoms. The van der Waals surface area contributed by atoms with Crippen LogP contribution in [0.1, 0.15) is 40.5 Å². The molecule has 5 heteroatoms. The first-order chi connectivity index (χ1) is 8.62. The van der Waals surface area contributed by atoms with Crippen LogP contribution in [0.5, 0.6) is 0 Å². The third-order valence-corrected chi connectivity index (χ3v) is 3.04. The normalized spacial score (nSPS) is 12.2. The summed E-state index contributed by atoms with van der Waals surface area (Å²) in [7, 11) is 0. The summed E-state index contributed by atoms with van der Waals surface area (Å²) in [5, 5.41) is 3.25. The van der Waals surface area contributed by atoms with Gasteiger partial charge in [0.2, 0.25) is 5.95 Å². The SMILES string of the molecule is CCCNc1cc(N(CC)C(C)CC)nc(N)n1. The van der Waals surface area contributed by atoms with Crippen LogP contribution in [0.25, 0.3) is 0 Å². The molecular weight excluding hydrogens is 226 g/mol. The second-order valence-corrected chi connectivity index (χ2v) is 4.44. The minimum absolute atomic E-state index is 0.327. The van der Waals surface area contributed by atoms with Crippen molar-refractivity contribution >= 4 is 17.6 Å². The van der Waals surface area contributed by atoms with E-state index in [9.17, 15) is 0 Å². The van der Waals surface area contributed by atoms with Crippen LogP contribution in [0.3, 0.4) is 0 Å². The molecule has 0 fully saturated rings. The lowest BCUT2D eigenvalue weighted by molar-refractivity contribution is 0.623. The summed E-state index contributed by atoms with van der Waals surface area (Å²) in [5.74, 6) is 2.03. The molecule has 18 heavy (non-hydrogen) atoms. The largest absolute Gasteiger partial charge is 0.370 e. The first kappa shape index (κ1) is 14.5. The lowest BCUT2D eigenvalue weighted by Crippen LogP contribution is -2.33. The molecule has 1 aromatic heterocycles. The minimum atomic E-state index is 0.327. The predicted molar refractivity (Wildman–Crippen MR) is 78.0 cm³/mol. The summed E-state index contributed by atoms with van der Waals surface area (Å²) in [4.78, 5) is 10.8. The van der Waals surface area contributed by atoms with Crippen LogP contribution >= 0.6 is 0 Å². The summed E-state index contributed by atoms with van der Waals surface area (Å²) in [6.45, 7) is 10.4. The Morgan fingerprint density at radius 1 is 1.33 bits per heavy atom. The molecule has 0 aliphatic heterocycles. The molecule has 0 aromatic carbocycles. The van der Waals surface area contributed by atoms with Gasteiger partial charge in [0.05, 0.1) is 0 Å². The predicted octanol–water partition coefficient (Wildman–Crippen LogP) is 2.51. The first-order valence-corrected chi connectivity index (χ1v) is 6.77. The highest BCUT2D eigenvalue weighted by atomic mass is 15.2. The van der Waals surface area contributed by atoms with Gasteiger partial charge in [-0.15, -0.1) is 0 Å². The molecule has 0 spiro atoms. The third kappa shape index (κ3) is 3.75. The van der Waals surface area contributed by atoms with Crippen LogP contribution in [0.15, 0.2) is 6.07 Å². The Morgan fingerprint density at radius 3 is 2.61 bits per heavy atom. The van der Waals surface area contributed by atoms with Gasteiger partial charge in [-0.2, -0.15) is 9.97 Å². The standard InChI is InChI=1S/C13H25N5/c1-5-8-15-11-9-12(17-13(14)16-11)18(7-3)10(4)6-2/h9-10H,5-8H2,1-4H3,(H3,14,15,16,17). The van der Waals surface area contributed by atoms with Crippen molar-refractivity contribution in [3.63, 3.8) is 0 Å². The topological polar surface area (TPSA) is 67.1 Å². The second kappa shape index (κ2) is 7.03. The number of nitrogens with zero attached hydrogens (tertiary/aromatic N) is 3. The van der Waals surface area contributed by atoms with E-state index in [1.165, 1.54) is 0 Å². The van der Waals surface area contributed by atoms with Gasteiger partial charge in [0, 0.05) is 25.2 Å². The molecule has 0 saturated heterocycles. The quantitative estimate of drug-likeness (QED) is 0.779. The highest BCUT2D eigenvalue weighted by Gasteiger charge is 2.14. The Balaban J connectivity index is 2.95. The van der Waals surface area contributed by atoms with E-state index in [0.29, 0.717) is 12.0 Å². The van der Waals surface area contributed by atoms with Crippen LogP contribution < -0.4 is 16.0 Å². The molecule has 0 radical (unpaired) electrons. The van der Waals surface area contributed by atoms with Crippen LogP contribution in [0.2, 0.25) is 0 Å². The van der Waals surface area contributed by atoms with Gasteiger partial charge in [-0.3, -0.25) is 0 Å². The maximum absolute atomic E-state index is 5.78. The molecule has 102 valence electrons. The average molecular weight is 251 g/mol. The van der Waals surface area contributed by atoms with E-state index >= 15 is 0 Å². The average Bonchev–Trinajstić information content (AvgIpc) is 2.36. The van der Waals surface area contributed by atoms with Crippen molar-refractivity contribution in [3.8, 4) is 0 Å². The fourth-order valence-corrected chi connectivity index (χ4v) is 1.86. The van der Waals surface area contributed by atoms with Crippen LogP contribution in [0, 0.1) is 0 Å². The molecule has 1 unspecified atom stereocenters. The first-order valence-electron chi connectivity index (χ1n) is 6.77.